The maximum absolute atomic E-state index is 11.9. The fraction of sp³-hybridized carbons (Fsp3) is 0.818. The number of carbonyl (C=O) groups excluding carboxylic acids is 1. The second-order valence-electron chi connectivity index (χ2n) is 4.07. The van der Waals surface area contributed by atoms with E-state index in [1.807, 2.05) is 6.92 Å². The Balaban J connectivity index is 2.47. The van der Waals surface area contributed by atoms with Crippen molar-refractivity contribution in [3.8, 4) is 6.07 Å². The molecule has 4 heteroatoms. The Morgan fingerprint density at radius 1 is 1.67 bits per heavy atom. The van der Waals surface area contributed by atoms with Crippen LogP contribution in [0.3, 0.4) is 0 Å². The standard InChI is InChI=1S/C11H19N3O/c1-2-4-10(13)11(15)14(8-3-7-12)9-5-6-9/h9-10H,2-6,8,13H2,1H3/t10-/m0/s1. The molecule has 1 rings (SSSR count). The van der Waals surface area contributed by atoms with Crippen LogP contribution in [0.15, 0.2) is 0 Å². The number of nitriles is 1. The van der Waals surface area contributed by atoms with Crippen molar-refractivity contribution >= 4 is 5.91 Å². The fourth-order valence-corrected chi connectivity index (χ4v) is 1.68. The third-order valence-corrected chi connectivity index (χ3v) is 2.65. The normalized spacial score (nSPS) is 16.9. The van der Waals surface area contributed by atoms with Crippen LogP contribution in [0.2, 0.25) is 0 Å². The highest BCUT2D eigenvalue weighted by Gasteiger charge is 2.33. The molecule has 1 amide bonds. The monoisotopic (exact) mass is 209 g/mol. The highest BCUT2D eigenvalue weighted by molar-refractivity contribution is 5.82. The summed E-state index contributed by atoms with van der Waals surface area (Å²) in [7, 11) is 0. The zero-order chi connectivity index (χ0) is 11.3. The molecule has 1 saturated carbocycles. The number of hydrogen-bond donors (Lipinski definition) is 1. The van der Waals surface area contributed by atoms with E-state index < -0.39 is 0 Å². The lowest BCUT2D eigenvalue weighted by atomic mass is 10.1. The van der Waals surface area contributed by atoms with Crippen molar-refractivity contribution < 1.29 is 4.79 Å². The summed E-state index contributed by atoms with van der Waals surface area (Å²) in [6.45, 7) is 2.56. The van der Waals surface area contributed by atoms with Crippen molar-refractivity contribution in [1.29, 1.82) is 5.26 Å². The minimum atomic E-state index is -0.380. The maximum Gasteiger partial charge on any atom is 0.239 e. The van der Waals surface area contributed by atoms with Crippen LogP contribution in [0, 0.1) is 11.3 Å². The van der Waals surface area contributed by atoms with Crippen LogP contribution >= 0.6 is 0 Å². The van der Waals surface area contributed by atoms with Crippen LogP contribution in [0.1, 0.15) is 39.0 Å². The van der Waals surface area contributed by atoms with Crippen molar-refractivity contribution in [2.45, 2.75) is 51.1 Å². The van der Waals surface area contributed by atoms with Gasteiger partial charge in [-0.2, -0.15) is 5.26 Å². The molecule has 0 saturated heterocycles. The van der Waals surface area contributed by atoms with E-state index >= 15 is 0 Å². The molecule has 1 fully saturated rings. The van der Waals surface area contributed by atoms with Gasteiger partial charge in [0.15, 0.2) is 0 Å². The van der Waals surface area contributed by atoms with Gasteiger partial charge in [0.05, 0.1) is 18.5 Å². The molecular formula is C11H19N3O. The maximum atomic E-state index is 11.9. The first-order chi connectivity index (χ1) is 7.20. The van der Waals surface area contributed by atoms with Crippen LogP contribution in [0.4, 0.5) is 0 Å². The van der Waals surface area contributed by atoms with Gasteiger partial charge in [-0.05, 0) is 19.3 Å². The SMILES string of the molecule is CCC[C@H](N)C(=O)N(CCC#N)C1CC1. The van der Waals surface area contributed by atoms with Gasteiger partial charge in [-0.15, -0.1) is 0 Å². The van der Waals surface area contributed by atoms with Crippen LogP contribution in [0.25, 0.3) is 0 Å². The molecule has 0 unspecified atom stereocenters. The van der Waals surface area contributed by atoms with Gasteiger partial charge in [-0.3, -0.25) is 4.79 Å². The van der Waals surface area contributed by atoms with Crippen LogP contribution in [0.5, 0.6) is 0 Å². The van der Waals surface area contributed by atoms with Gasteiger partial charge < -0.3 is 10.6 Å². The number of amides is 1. The van der Waals surface area contributed by atoms with Gasteiger partial charge in [0.1, 0.15) is 0 Å². The molecule has 0 aromatic heterocycles. The van der Waals surface area contributed by atoms with Gasteiger partial charge in [0.25, 0.3) is 0 Å². The molecule has 1 atom stereocenters. The Morgan fingerprint density at radius 3 is 2.80 bits per heavy atom. The molecule has 0 heterocycles. The van der Waals surface area contributed by atoms with E-state index in [2.05, 4.69) is 6.07 Å². The molecule has 1 aliphatic rings. The number of carbonyl (C=O) groups is 1. The summed E-state index contributed by atoms with van der Waals surface area (Å²) in [5.74, 6) is 0.0228. The molecule has 0 aromatic rings. The Hall–Kier alpha value is -1.08. The molecule has 2 N–H and O–H groups in total. The van der Waals surface area contributed by atoms with Gasteiger partial charge in [0, 0.05) is 12.6 Å². The number of nitrogens with two attached hydrogens (primary N) is 1. The number of rotatable bonds is 6. The quantitative estimate of drug-likeness (QED) is 0.710. The van der Waals surface area contributed by atoms with Crippen molar-refractivity contribution in [3.05, 3.63) is 0 Å². The lowest BCUT2D eigenvalue weighted by Crippen LogP contribution is -2.45. The van der Waals surface area contributed by atoms with Gasteiger partial charge in [-0.25, -0.2) is 0 Å². The van der Waals surface area contributed by atoms with E-state index in [-0.39, 0.29) is 11.9 Å². The fourth-order valence-electron chi connectivity index (χ4n) is 1.68. The number of nitrogens with zero attached hydrogens (tertiary/aromatic N) is 2. The highest BCUT2D eigenvalue weighted by atomic mass is 16.2. The van der Waals surface area contributed by atoms with E-state index in [4.69, 9.17) is 11.0 Å². The Kier molecular flexibility index (Phi) is 4.57. The largest absolute Gasteiger partial charge is 0.337 e. The van der Waals surface area contributed by atoms with Crippen molar-refractivity contribution in [3.63, 3.8) is 0 Å². The molecule has 15 heavy (non-hydrogen) atoms. The first kappa shape index (κ1) is 12.0. The van der Waals surface area contributed by atoms with E-state index in [1.54, 1.807) is 4.90 Å². The summed E-state index contributed by atoms with van der Waals surface area (Å²) in [5, 5.41) is 8.52. The number of hydrogen-bond acceptors (Lipinski definition) is 3. The Bertz CT molecular complexity index is 255. The molecule has 0 bridgehead atoms. The highest BCUT2D eigenvalue weighted by Crippen LogP contribution is 2.27. The Labute approximate surface area is 91.0 Å². The minimum absolute atomic E-state index is 0.0228. The summed E-state index contributed by atoms with van der Waals surface area (Å²) in [6, 6.07) is 2.05. The summed E-state index contributed by atoms with van der Waals surface area (Å²) >= 11 is 0. The van der Waals surface area contributed by atoms with Crippen molar-refractivity contribution in [1.82, 2.24) is 4.90 Å². The van der Waals surface area contributed by atoms with E-state index in [0.717, 1.165) is 25.7 Å². The molecule has 84 valence electrons. The zero-order valence-electron chi connectivity index (χ0n) is 9.28. The van der Waals surface area contributed by atoms with Crippen LogP contribution < -0.4 is 5.73 Å². The van der Waals surface area contributed by atoms with Gasteiger partial charge in [0.2, 0.25) is 5.91 Å². The first-order valence-corrected chi connectivity index (χ1v) is 5.63. The minimum Gasteiger partial charge on any atom is -0.337 e. The molecule has 0 aliphatic heterocycles. The van der Waals surface area contributed by atoms with Crippen LogP contribution in [-0.2, 0) is 4.79 Å². The lowest BCUT2D eigenvalue weighted by molar-refractivity contribution is -0.133. The van der Waals surface area contributed by atoms with Crippen molar-refractivity contribution in [2.75, 3.05) is 6.54 Å². The van der Waals surface area contributed by atoms with Gasteiger partial charge >= 0.3 is 0 Å². The zero-order valence-corrected chi connectivity index (χ0v) is 9.28. The molecule has 4 nitrogen and oxygen atoms in total. The van der Waals surface area contributed by atoms with E-state index in [1.165, 1.54) is 0 Å². The predicted octanol–water partition coefficient (Wildman–Crippen LogP) is 1.02. The molecule has 1 aliphatic carbocycles. The molecule has 0 spiro atoms. The van der Waals surface area contributed by atoms with Crippen molar-refractivity contribution in [2.24, 2.45) is 5.73 Å². The summed E-state index contributed by atoms with van der Waals surface area (Å²) < 4.78 is 0. The van der Waals surface area contributed by atoms with E-state index in [0.29, 0.717) is 19.0 Å². The predicted molar refractivity (Wildman–Crippen MR) is 57.8 cm³/mol. The second-order valence-corrected chi connectivity index (χ2v) is 4.07. The van der Waals surface area contributed by atoms with Crippen LogP contribution in [-0.4, -0.2) is 29.4 Å². The Morgan fingerprint density at radius 2 is 2.33 bits per heavy atom. The smallest absolute Gasteiger partial charge is 0.239 e. The second kappa shape index (κ2) is 5.72. The summed E-state index contributed by atoms with van der Waals surface area (Å²) in [5.41, 5.74) is 5.79. The third-order valence-electron chi connectivity index (χ3n) is 2.65. The van der Waals surface area contributed by atoms with Gasteiger partial charge in [-0.1, -0.05) is 13.3 Å². The summed E-state index contributed by atoms with van der Waals surface area (Å²) in [4.78, 5) is 13.7. The third kappa shape index (κ3) is 3.52. The lowest BCUT2D eigenvalue weighted by Gasteiger charge is -2.24. The molecular weight excluding hydrogens is 190 g/mol. The van der Waals surface area contributed by atoms with E-state index in [9.17, 15) is 4.79 Å². The topological polar surface area (TPSA) is 70.1 Å². The average Bonchev–Trinajstić information content (AvgIpc) is 3.02. The first-order valence-electron chi connectivity index (χ1n) is 5.63. The molecule has 0 radical (unpaired) electrons. The summed E-state index contributed by atoms with van der Waals surface area (Å²) in [6.07, 6.45) is 4.19. The molecule has 0 aromatic carbocycles. The average molecular weight is 209 g/mol.